The van der Waals surface area contributed by atoms with Crippen LogP contribution in [-0.2, 0) is 6.54 Å². The van der Waals surface area contributed by atoms with E-state index in [4.69, 9.17) is 16.3 Å². The van der Waals surface area contributed by atoms with Crippen molar-refractivity contribution in [1.82, 2.24) is 5.32 Å². The van der Waals surface area contributed by atoms with Crippen LogP contribution < -0.4 is 10.1 Å². The van der Waals surface area contributed by atoms with Crippen molar-refractivity contribution in [3.8, 4) is 5.75 Å². The molecule has 1 aromatic carbocycles. The van der Waals surface area contributed by atoms with Crippen molar-refractivity contribution in [3.63, 3.8) is 0 Å². The lowest BCUT2D eigenvalue weighted by Gasteiger charge is -2.27. The molecule has 118 valence electrons. The Balaban J connectivity index is 1.93. The lowest BCUT2D eigenvalue weighted by Crippen LogP contribution is -2.35. The van der Waals surface area contributed by atoms with Crippen molar-refractivity contribution >= 4 is 11.6 Å². The minimum atomic E-state index is 0.112. The molecule has 1 N–H and O–H groups in total. The van der Waals surface area contributed by atoms with Crippen LogP contribution in [0.25, 0.3) is 0 Å². The summed E-state index contributed by atoms with van der Waals surface area (Å²) < 4.78 is 6.08. The second-order valence-electron chi connectivity index (χ2n) is 7.37. The van der Waals surface area contributed by atoms with Crippen LogP contribution in [0.2, 0.25) is 5.02 Å². The Labute approximate surface area is 134 Å². The molecule has 0 heterocycles. The first-order chi connectivity index (χ1) is 9.83. The molecule has 1 aromatic rings. The highest BCUT2D eigenvalue weighted by atomic mass is 35.5. The molecule has 1 saturated carbocycles. The van der Waals surface area contributed by atoms with E-state index in [0.717, 1.165) is 36.1 Å². The van der Waals surface area contributed by atoms with Crippen molar-refractivity contribution in [2.75, 3.05) is 0 Å². The third-order valence-corrected chi connectivity index (χ3v) is 4.37. The fourth-order valence-electron chi connectivity index (χ4n) is 2.64. The van der Waals surface area contributed by atoms with Crippen molar-refractivity contribution in [3.05, 3.63) is 28.8 Å². The van der Waals surface area contributed by atoms with Gasteiger partial charge < -0.3 is 10.1 Å². The summed E-state index contributed by atoms with van der Waals surface area (Å²) in [7, 11) is 0. The summed E-state index contributed by atoms with van der Waals surface area (Å²) >= 11 is 6.37. The summed E-state index contributed by atoms with van der Waals surface area (Å²) in [6, 6.07) is 6.13. The molecule has 0 amide bonds. The van der Waals surface area contributed by atoms with E-state index in [1.165, 1.54) is 18.4 Å². The van der Waals surface area contributed by atoms with Crippen molar-refractivity contribution in [2.24, 2.45) is 5.92 Å². The van der Waals surface area contributed by atoms with Crippen LogP contribution in [0.5, 0.6) is 5.75 Å². The number of nitrogens with one attached hydrogen (secondary N) is 1. The summed E-state index contributed by atoms with van der Waals surface area (Å²) in [4.78, 5) is 0. The minimum Gasteiger partial charge on any atom is -0.489 e. The number of hydrogen-bond donors (Lipinski definition) is 1. The molecule has 1 fully saturated rings. The van der Waals surface area contributed by atoms with Crippen molar-refractivity contribution < 1.29 is 4.74 Å². The number of ether oxygens (including phenoxy) is 1. The molecule has 0 atom stereocenters. The Hall–Kier alpha value is -0.730. The first-order valence-electron chi connectivity index (χ1n) is 8.03. The Kier molecular flexibility index (Phi) is 5.56. The molecule has 1 aliphatic carbocycles. The number of hydrogen-bond acceptors (Lipinski definition) is 2. The lowest BCUT2D eigenvalue weighted by atomic mass is 9.89. The van der Waals surface area contributed by atoms with E-state index in [2.05, 4.69) is 39.1 Å². The van der Waals surface area contributed by atoms with Crippen LogP contribution in [-0.4, -0.2) is 11.6 Å². The predicted molar refractivity (Wildman–Crippen MR) is 90.1 cm³/mol. The van der Waals surface area contributed by atoms with Crippen LogP contribution in [0.3, 0.4) is 0 Å². The third kappa shape index (κ3) is 5.52. The molecule has 0 radical (unpaired) electrons. The number of rotatable bonds is 4. The predicted octanol–water partition coefficient (Wildman–Crippen LogP) is 5.19. The van der Waals surface area contributed by atoms with E-state index in [1.807, 2.05) is 12.1 Å². The summed E-state index contributed by atoms with van der Waals surface area (Å²) in [5.74, 6) is 1.67. The van der Waals surface area contributed by atoms with E-state index < -0.39 is 0 Å². The van der Waals surface area contributed by atoms with E-state index in [1.54, 1.807) is 0 Å². The molecule has 2 nitrogen and oxygen atoms in total. The Morgan fingerprint density at radius 2 is 1.86 bits per heavy atom. The Morgan fingerprint density at radius 3 is 2.43 bits per heavy atom. The molecule has 0 saturated heterocycles. The third-order valence-electron chi connectivity index (χ3n) is 4.08. The van der Waals surface area contributed by atoms with Crippen molar-refractivity contribution in [2.45, 2.75) is 71.6 Å². The van der Waals surface area contributed by atoms with Gasteiger partial charge >= 0.3 is 0 Å². The van der Waals surface area contributed by atoms with Gasteiger partial charge in [0.25, 0.3) is 0 Å². The molecular formula is C18H28ClNO. The zero-order chi connectivity index (χ0) is 15.5. The average Bonchev–Trinajstić information content (AvgIpc) is 2.41. The van der Waals surface area contributed by atoms with Crippen molar-refractivity contribution in [1.29, 1.82) is 0 Å². The van der Waals surface area contributed by atoms with E-state index >= 15 is 0 Å². The molecule has 1 aliphatic rings. The molecule has 2 rings (SSSR count). The monoisotopic (exact) mass is 309 g/mol. The first kappa shape index (κ1) is 16.6. The molecule has 0 unspecified atom stereocenters. The van der Waals surface area contributed by atoms with Crippen LogP contribution in [0.1, 0.15) is 58.9 Å². The SMILES string of the molecule is CC1CCC(Oc2ccc(CNC(C)(C)C)cc2Cl)CC1. The average molecular weight is 310 g/mol. The largest absolute Gasteiger partial charge is 0.489 e. The Morgan fingerprint density at radius 1 is 1.19 bits per heavy atom. The zero-order valence-corrected chi connectivity index (χ0v) is 14.5. The maximum absolute atomic E-state index is 6.37. The topological polar surface area (TPSA) is 21.3 Å². The van der Waals surface area contributed by atoms with Gasteiger partial charge in [-0.3, -0.25) is 0 Å². The van der Waals surface area contributed by atoms with Crippen LogP contribution in [0, 0.1) is 5.92 Å². The second kappa shape index (κ2) is 7.02. The van der Waals surface area contributed by atoms with Crippen LogP contribution >= 0.6 is 11.6 Å². The highest BCUT2D eigenvalue weighted by molar-refractivity contribution is 6.32. The van der Waals surface area contributed by atoms with E-state index in [-0.39, 0.29) is 5.54 Å². The molecule has 0 aliphatic heterocycles. The summed E-state index contributed by atoms with van der Waals surface area (Å²) in [6.45, 7) is 9.63. The molecule has 0 bridgehead atoms. The fraction of sp³-hybridized carbons (Fsp3) is 0.667. The van der Waals surface area contributed by atoms with E-state index in [0.29, 0.717) is 6.10 Å². The van der Waals surface area contributed by atoms with Gasteiger partial charge in [-0.2, -0.15) is 0 Å². The smallest absolute Gasteiger partial charge is 0.138 e. The molecular weight excluding hydrogens is 282 g/mol. The minimum absolute atomic E-state index is 0.112. The maximum Gasteiger partial charge on any atom is 0.138 e. The maximum atomic E-state index is 6.37. The van der Waals surface area contributed by atoms with Gasteiger partial charge in [0, 0.05) is 12.1 Å². The van der Waals surface area contributed by atoms with Gasteiger partial charge in [0.2, 0.25) is 0 Å². The fourth-order valence-corrected chi connectivity index (χ4v) is 2.89. The lowest BCUT2D eigenvalue weighted by molar-refractivity contribution is 0.135. The van der Waals surface area contributed by atoms with Crippen LogP contribution in [0.4, 0.5) is 0 Å². The van der Waals surface area contributed by atoms with Gasteiger partial charge in [0.05, 0.1) is 11.1 Å². The molecule has 0 spiro atoms. The van der Waals surface area contributed by atoms with Crippen LogP contribution in [0.15, 0.2) is 18.2 Å². The van der Waals surface area contributed by atoms with Gasteiger partial charge in [-0.05, 0) is 70.1 Å². The highest BCUT2D eigenvalue weighted by Gasteiger charge is 2.20. The zero-order valence-electron chi connectivity index (χ0n) is 13.7. The van der Waals surface area contributed by atoms with Gasteiger partial charge in [0.15, 0.2) is 0 Å². The summed E-state index contributed by atoms with van der Waals surface area (Å²) in [5.41, 5.74) is 1.31. The standard InChI is InChI=1S/C18H28ClNO/c1-13-5-8-15(9-6-13)21-17-10-7-14(11-16(17)19)12-20-18(2,3)4/h7,10-11,13,15,20H,5-6,8-9,12H2,1-4H3. The van der Waals surface area contributed by atoms with E-state index in [9.17, 15) is 0 Å². The number of halogens is 1. The first-order valence-corrected chi connectivity index (χ1v) is 8.41. The quantitative estimate of drug-likeness (QED) is 0.827. The number of benzene rings is 1. The summed E-state index contributed by atoms with van der Waals surface area (Å²) in [5, 5.41) is 4.20. The molecule has 21 heavy (non-hydrogen) atoms. The highest BCUT2D eigenvalue weighted by Crippen LogP contribution is 2.31. The second-order valence-corrected chi connectivity index (χ2v) is 7.78. The Bertz CT molecular complexity index is 459. The van der Waals surface area contributed by atoms with Gasteiger partial charge in [0.1, 0.15) is 5.75 Å². The molecule has 3 heteroatoms. The normalized spacial score (nSPS) is 23.1. The van der Waals surface area contributed by atoms with Gasteiger partial charge in [-0.25, -0.2) is 0 Å². The molecule has 0 aromatic heterocycles. The summed E-state index contributed by atoms with van der Waals surface area (Å²) in [6.07, 6.45) is 5.14. The van der Waals surface area contributed by atoms with Gasteiger partial charge in [-0.1, -0.05) is 24.6 Å². The van der Waals surface area contributed by atoms with Gasteiger partial charge in [-0.15, -0.1) is 0 Å².